The Morgan fingerprint density at radius 1 is 1.12 bits per heavy atom. The molecule has 2 saturated heterocycles. The first-order valence-electron chi connectivity index (χ1n) is 9.66. The van der Waals surface area contributed by atoms with Gasteiger partial charge in [-0.3, -0.25) is 4.79 Å². The number of nitrogens with one attached hydrogen (secondary N) is 1. The molecule has 142 valence electrons. The zero-order valence-electron chi connectivity index (χ0n) is 15.9. The zero-order valence-corrected chi connectivity index (χ0v) is 15.9. The summed E-state index contributed by atoms with van der Waals surface area (Å²) in [6.07, 6.45) is 4.46. The lowest BCUT2D eigenvalue weighted by molar-refractivity contribution is -0.130. The zero-order chi connectivity index (χ0) is 18.4. The van der Waals surface area contributed by atoms with E-state index in [4.69, 9.17) is 4.99 Å². The van der Waals surface area contributed by atoms with Crippen LogP contribution in [0.25, 0.3) is 0 Å². The Morgan fingerprint density at radius 3 is 2.38 bits per heavy atom. The summed E-state index contributed by atoms with van der Waals surface area (Å²) in [7, 11) is 0. The molecular formula is C19H30N6O. The van der Waals surface area contributed by atoms with E-state index < -0.39 is 0 Å². The second kappa shape index (κ2) is 8.87. The number of carbonyl (C=O) groups excluding carboxylic acids is 1. The van der Waals surface area contributed by atoms with E-state index in [2.05, 4.69) is 39.2 Å². The van der Waals surface area contributed by atoms with E-state index in [9.17, 15) is 4.79 Å². The van der Waals surface area contributed by atoms with Crippen molar-refractivity contribution in [1.29, 1.82) is 0 Å². The van der Waals surface area contributed by atoms with Gasteiger partial charge in [0.05, 0.1) is 6.54 Å². The number of carbonyl (C=O) groups is 1. The van der Waals surface area contributed by atoms with Gasteiger partial charge in [-0.05, 0) is 31.4 Å². The molecule has 2 fully saturated rings. The number of anilines is 1. The van der Waals surface area contributed by atoms with Gasteiger partial charge in [0.15, 0.2) is 5.96 Å². The third-order valence-electron chi connectivity index (χ3n) is 5.01. The Hall–Kier alpha value is -2.31. The number of piperazine rings is 1. The monoisotopic (exact) mass is 358 g/mol. The van der Waals surface area contributed by atoms with Crippen LogP contribution in [-0.4, -0.2) is 72.5 Å². The van der Waals surface area contributed by atoms with Crippen LogP contribution in [0.1, 0.15) is 32.3 Å². The average molecular weight is 358 g/mol. The third-order valence-corrected chi connectivity index (χ3v) is 5.01. The van der Waals surface area contributed by atoms with E-state index in [1.165, 1.54) is 12.8 Å². The van der Waals surface area contributed by atoms with Gasteiger partial charge in [-0.2, -0.15) is 0 Å². The molecule has 0 saturated carbocycles. The van der Waals surface area contributed by atoms with Gasteiger partial charge in [0.2, 0.25) is 5.91 Å². The van der Waals surface area contributed by atoms with Gasteiger partial charge < -0.3 is 20.0 Å². The van der Waals surface area contributed by atoms with Crippen LogP contribution < -0.4 is 10.2 Å². The number of hydrogen-bond acceptors (Lipinski definition) is 4. The summed E-state index contributed by atoms with van der Waals surface area (Å²) in [4.78, 5) is 27.3. The van der Waals surface area contributed by atoms with Crippen LogP contribution in [0.3, 0.4) is 0 Å². The number of aromatic nitrogens is 1. The fourth-order valence-corrected chi connectivity index (χ4v) is 3.47. The summed E-state index contributed by atoms with van der Waals surface area (Å²) in [5.74, 6) is 2.14. The van der Waals surface area contributed by atoms with E-state index in [0.29, 0.717) is 6.54 Å². The summed E-state index contributed by atoms with van der Waals surface area (Å²) in [6, 6.07) is 4.23. The first-order chi connectivity index (χ1) is 12.7. The number of hydrogen-bond donors (Lipinski definition) is 1. The predicted octanol–water partition coefficient (Wildman–Crippen LogP) is 1.31. The Morgan fingerprint density at radius 2 is 1.81 bits per heavy atom. The van der Waals surface area contributed by atoms with Crippen molar-refractivity contribution in [2.75, 3.05) is 50.7 Å². The van der Waals surface area contributed by atoms with E-state index in [-0.39, 0.29) is 5.91 Å². The topological polar surface area (TPSA) is 64.1 Å². The van der Waals surface area contributed by atoms with Gasteiger partial charge >= 0.3 is 0 Å². The molecule has 2 aliphatic heterocycles. The van der Waals surface area contributed by atoms with Crippen LogP contribution in [0.2, 0.25) is 0 Å². The fraction of sp³-hybridized carbons (Fsp3) is 0.632. The molecule has 1 aromatic heterocycles. The average Bonchev–Trinajstić information content (AvgIpc) is 3.20. The van der Waals surface area contributed by atoms with Crippen molar-refractivity contribution in [3.8, 4) is 0 Å². The molecule has 26 heavy (non-hydrogen) atoms. The molecule has 1 N–H and O–H groups in total. The minimum Gasteiger partial charge on any atom is -0.357 e. The van der Waals surface area contributed by atoms with Crippen molar-refractivity contribution in [3.05, 3.63) is 23.9 Å². The molecule has 0 unspecified atom stereocenters. The van der Waals surface area contributed by atoms with Crippen molar-refractivity contribution in [3.63, 3.8) is 0 Å². The van der Waals surface area contributed by atoms with Crippen molar-refractivity contribution in [2.24, 2.45) is 4.99 Å². The summed E-state index contributed by atoms with van der Waals surface area (Å²) < 4.78 is 0. The first-order valence-corrected chi connectivity index (χ1v) is 9.66. The van der Waals surface area contributed by atoms with Crippen LogP contribution in [-0.2, 0) is 11.3 Å². The third kappa shape index (κ3) is 4.65. The van der Waals surface area contributed by atoms with Gasteiger partial charge in [0.1, 0.15) is 5.82 Å². The molecule has 1 aromatic rings. The maximum absolute atomic E-state index is 11.5. The first kappa shape index (κ1) is 18.5. The van der Waals surface area contributed by atoms with Crippen molar-refractivity contribution < 1.29 is 4.79 Å². The Bertz CT molecular complexity index is 615. The number of nitrogens with zero attached hydrogens (tertiary/aromatic N) is 5. The molecule has 7 heteroatoms. The predicted molar refractivity (Wildman–Crippen MR) is 104 cm³/mol. The van der Waals surface area contributed by atoms with Crippen LogP contribution in [0.4, 0.5) is 5.82 Å². The Labute approximate surface area is 156 Å². The maximum Gasteiger partial charge on any atom is 0.219 e. The second-order valence-corrected chi connectivity index (χ2v) is 6.88. The SMILES string of the molecule is CCNC(=NCc1ccc(N2CCCC2)nc1)N1CCN(C(C)=O)CC1. The van der Waals surface area contributed by atoms with Gasteiger partial charge in [0, 0.05) is 58.9 Å². The summed E-state index contributed by atoms with van der Waals surface area (Å²) in [5.41, 5.74) is 1.12. The highest BCUT2D eigenvalue weighted by Gasteiger charge is 2.20. The molecular weight excluding hydrogens is 328 g/mol. The summed E-state index contributed by atoms with van der Waals surface area (Å²) in [6.45, 7) is 10.5. The number of pyridine rings is 1. The molecule has 7 nitrogen and oxygen atoms in total. The number of aliphatic imine (C=N–C) groups is 1. The van der Waals surface area contributed by atoms with Crippen LogP contribution in [0, 0.1) is 0 Å². The highest BCUT2D eigenvalue weighted by Crippen LogP contribution is 2.17. The normalized spacial score (nSPS) is 18.4. The minimum absolute atomic E-state index is 0.149. The standard InChI is InChI=1S/C19H30N6O/c1-3-20-19(25-12-10-23(11-13-25)16(2)26)22-15-17-6-7-18(21-14-17)24-8-4-5-9-24/h6-7,14H,3-5,8-13,15H2,1-2H3,(H,20,22). The molecule has 0 spiro atoms. The minimum atomic E-state index is 0.149. The van der Waals surface area contributed by atoms with Gasteiger partial charge in [0.25, 0.3) is 0 Å². The lowest BCUT2D eigenvalue weighted by Crippen LogP contribution is -2.53. The molecule has 0 aliphatic carbocycles. The number of guanidine groups is 1. The van der Waals surface area contributed by atoms with E-state index >= 15 is 0 Å². The van der Waals surface area contributed by atoms with Crippen molar-refractivity contribution in [1.82, 2.24) is 20.1 Å². The van der Waals surface area contributed by atoms with Crippen LogP contribution >= 0.6 is 0 Å². The molecule has 2 aliphatic rings. The van der Waals surface area contributed by atoms with Gasteiger partial charge in [-0.1, -0.05) is 6.07 Å². The number of amides is 1. The maximum atomic E-state index is 11.5. The lowest BCUT2D eigenvalue weighted by Gasteiger charge is -2.36. The van der Waals surface area contributed by atoms with E-state index in [0.717, 1.165) is 63.2 Å². The quantitative estimate of drug-likeness (QED) is 0.649. The second-order valence-electron chi connectivity index (χ2n) is 6.88. The highest BCUT2D eigenvalue weighted by atomic mass is 16.2. The smallest absolute Gasteiger partial charge is 0.219 e. The summed E-state index contributed by atoms with van der Waals surface area (Å²) in [5, 5.41) is 3.37. The largest absolute Gasteiger partial charge is 0.357 e. The molecule has 3 heterocycles. The Kier molecular flexibility index (Phi) is 6.30. The van der Waals surface area contributed by atoms with Crippen molar-refractivity contribution in [2.45, 2.75) is 33.2 Å². The van der Waals surface area contributed by atoms with Crippen LogP contribution in [0.5, 0.6) is 0 Å². The summed E-state index contributed by atoms with van der Waals surface area (Å²) >= 11 is 0. The van der Waals surface area contributed by atoms with E-state index in [1.54, 1.807) is 6.92 Å². The Balaban J connectivity index is 1.59. The van der Waals surface area contributed by atoms with E-state index in [1.807, 2.05) is 11.1 Å². The molecule has 3 rings (SSSR count). The van der Waals surface area contributed by atoms with Crippen LogP contribution in [0.15, 0.2) is 23.3 Å². The van der Waals surface area contributed by atoms with Crippen molar-refractivity contribution >= 4 is 17.7 Å². The molecule has 0 atom stereocenters. The van der Waals surface area contributed by atoms with Gasteiger partial charge in [-0.15, -0.1) is 0 Å². The molecule has 0 radical (unpaired) electrons. The molecule has 0 bridgehead atoms. The fourth-order valence-electron chi connectivity index (χ4n) is 3.47. The lowest BCUT2D eigenvalue weighted by atomic mass is 10.3. The number of rotatable bonds is 4. The molecule has 0 aromatic carbocycles. The van der Waals surface area contributed by atoms with Gasteiger partial charge in [-0.25, -0.2) is 9.98 Å². The molecule has 1 amide bonds. The highest BCUT2D eigenvalue weighted by molar-refractivity contribution is 5.80.